The number of nitro benzene ring substituents is 1. The maximum Gasteiger partial charge on any atom is 0.327 e. The quantitative estimate of drug-likeness (QED) is 0.252. The Labute approximate surface area is 229 Å². The fourth-order valence-corrected chi connectivity index (χ4v) is 5.87. The first-order valence-electron chi connectivity index (χ1n) is 12.7. The van der Waals surface area contributed by atoms with Gasteiger partial charge < -0.3 is 19.7 Å². The molecule has 3 aliphatic heterocycles. The van der Waals surface area contributed by atoms with Crippen molar-refractivity contribution in [3.05, 3.63) is 75.2 Å². The average molecular weight is 553 g/mol. The lowest BCUT2D eigenvalue weighted by molar-refractivity contribution is -0.384. The molecule has 2 aromatic carbocycles. The second-order valence-electron chi connectivity index (χ2n) is 9.48. The summed E-state index contributed by atoms with van der Waals surface area (Å²) in [5.74, 6) is 1.07. The molecular formula is C27H28N4O7S. The smallest absolute Gasteiger partial charge is 0.327 e. The monoisotopic (exact) mass is 552 g/mol. The molecule has 0 radical (unpaired) electrons. The maximum absolute atomic E-state index is 13.3. The number of rotatable bonds is 11. The molecule has 2 unspecified atom stereocenters. The van der Waals surface area contributed by atoms with Crippen LogP contribution in [0.2, 0.25) is 0 Å². The minimum atomic E-state index is -0.469. The van der Waals surface area contributed by atoms with E-state index in [2.05, 4.69) is 5.32 Å². The Balaban J connectivity index is 1.10. The van der Waals surface area contributed by atoms with E-state index in [1.807, 2.05) is 29.7 Å². The molecule has 4 amide bonds. The van der Waals surface area contributed by atoms with Crippen LogP contribution < -0.4 is 14.8 Å². The molecule has 0 saturated carbocycles. The lowest BCUT2D eigenvalue weighted by Gasteiger charge is -2.41. The van der Waals surface area contributed by atoms with Gasteiger partial charge in [-0.25, -0.2) is 4.79 Å². The average Bonchev–Trinajstić information content (AvgIpc) is 3.61. The van der Waals surface area contributed by atoms with E-state index in [1.54, 1.807) is 17.0 Å². The van der Waals surface area contributed by atoms with E-state index in [9.17, 15) is 24.5 Å². The lowest BCUT2D eigenvalue weighted by Crippen LogP contribution is -2.61. The van der Waals surface area contributed by atoms with Crippen LogP contribution in [0.25, 0.3) is 0 Å². The predicted octanol–water partition coefficient (Wildman–Crippen LogP) is 3.96. The van der Waals surface area contributed by atoms with Crippen LogP contribution >= 0.6 is 11.8 Å². The number of unbranched alkanes of at least 4 members (excludes halogenated alkanes) is 2. The van der Waals surface area contributed by atoms with Gasteiger partial charge in [0.05, 0.1) is 11.0 Å². The number of nitrogens with zero attached hydrogens (tertiary/aromatic N) is 3. The Hall–Kier alpha value is -4.06. The molecule has 2 atom stereocenters. The highest BCUT2D eigenvalue weighted by Gasteiger charge is 2.46. The molecule has 11 nitrogen and oxygen atoms in total. The van der Waals surface area contributed by atoms with Crippen molar-refractivity contribution in [2.45, 2.75) is 50.1 Å². The van der Waals surface area contributed by atoms with Crippen LogP contribution in [0.4, 0.5) is 10.5 Å². The summed E-state index contributed by atoms with van der Waals surface area (Å²) in [4.78, 5) is 52.3. The fourth-order valence-electron chi connectivity index (χ4n) is 4.81. The molecule has 1 N–H and O–H groups in total. The highest BCUT2D eigenvalue weighted by atomic mass is 32.2. The number of urea groups is 1. The number of ether oxygens (including phenoxy) is 2. The Kier molecular flexibility index (Phi) is 8.01. The number of nitrogens with one attached hydrogen (secondary N) is 1. The molecule has 39 heavy (non-hydrogen) atoms. The van der Waals surface area contributed by atoms with Crippen molar-refractivity contribution >= 4 is 35.3 Å². The van der Waals surface area contributed by atoms with Crippen molar-refractivity contribution < 1.29 is 28.8 Å². The number of benzene rings is 2. The van der Waals surface area contributed by atoms with Crippen molar-refractivity contribution in [3.63, 3.8) is 0 Å². The van der Waals surface area contributed by atoms with E-state index >= 15 is 0 Å². The number of fused-ring (bicyclic) bond motifs is 2. The molecule has 2 aromatic rings. The lowest BCUT2D eigenvalue weighted by atomic mass is 10.1. The minimum absolute atomic E-state index is 0.0438. The zero-order chi connectivity index (χ0) is 27.4. The number of nitro groups is 1. The molecule has 0 bridgehead atoms. The Morgan fingerprint density at radius 1 is 1.08 bits per heavy atom. The summed E-state index contributed by atoms with van der Waals surface area (Å²) in [5, 5.41) is 15.5. The minimum Gasteiger partial charge on any atom is -0.454 e. The number of non-ortho nitro benzene ring substituents is 1. The van der Waals surface area contributed by atoms with Gasteiger partial charge in [0.25, 0.3) is 5.69 Å². The summed E-state index contributed by atoms with van der Waals surface area (Å²) in [7, 11) is 0. The number of amides is 4. The third-order valence-electron chi connectivity index (χ3n) is 6.84. The van der Waals surface area contributed by atoms with E-state index in [4.69, 9.17) is 9.47 Å². The number of carbonyl (C=O) groups is 3. The van der Waals surface area contributed by atoms with E-state index in [0.29, 0.717) is 49.3 Å². The van der Waals surface area contributed by atoms with Crippen LogP contribution in [0.15, 0.2) is 53.9 Å². The Morgan fingerprint density at radius 2 is 1.92 bits per heavy atom. The first kappa shape index (κ1) is 26.5. The maximum atomic E-state index is 13.3. The van der Waals surface area contributed by atoms with Crippen molar-refractivity contribution in [2.75, 3.05) is 13.3 Å². The van der Waals surface area contributed by atoms with E-state index in [0.717, 1.165) is 5.56 Å². The fraction of sp³-hybridized carbons (Fsp3) is 0.370. The number of hydrogen-bond acceptors (Lipinski definition) is 8. The second kappa shape index (κ2) is 11.8. The predicted molar refractivity (Wildman–Crippen MR) is 143 cm³/mol. The standard InChI is InChI=1S/C27H28N4O7S/c32-24(28-15-18-8-9-22-23(14-18)38-17-37-22)7-2-1-3-11-29-26(33)25-21(10-12-39-25)30(27(29)34)16-19-5-4-6-20(13-19)31(35)36/h4-6,8-10,12-14,21,25H,1-3,7,11,15-17H2,(H,28,32). The summed E-state index contributed by atoms with van der Waals surface area (Å²) in [6.45, 7) is 1.01. The van der Waals surface area contributed by atoms with Gasteiger partial charge in [0.1, 0.15) is 5.25 Å². The molecule has 1 saturated heterocycles. The number of carbonyl (C=O) groups excluding carboxylic acids is 3. The van der Waals surface area contributed by atoms with Gasteiger partial charge in [0.15, 0.2) is 11.5 Å². The summed E-state index contributed by atoms with van der Waals surface area (Å²) in [6, 6.07) is 10.9. The zero-order valence-electron chi connectivity index (χ0n) is 21.1. The van der Waals surface area contributed by atoms with Gasteiger partial charge in [-0.2, -0.15) is 0 Å². The van der Waals surface area contributed by atoms with Crippen LogP contribution in [0.1, 0.15) is 36.8 Å². The first-order chi connectivity index (χ1) is 18.9. The summed E-state index contributed by atoms with van der Waals surface area (Å²) >= 11 is 1.38. The number of imide groups is 1. The van der Waals surface area contributed by atoms with Crippen LogP contribution in [-0.4, -0.2) is 57.2 Å². The number of hydrogen-bond donors (Lipinski definition) is 1. The van der Waals surface area contributed by atoms with Gasteiger partial charge in [-0.05, 0) is 41.5 Å². The van der Waals surface area contributed by atoms with Gasteiger partial charge in [0, 0.05) is 38.2 Å². The van der Waals surface area contributed by atoms with Crippen LogP contribution in [0, 0.1) is 10.1 Å². The molecule has 12 heteroatoms. The van der Waals surface area contributed by atoms with Crippen molar-refractivity contribution in [2.24, 2.45) is 0 Å². The zero-order valence-corrected chi connectivity index (χ0v) is 21.9. The summed E-state index contributed by atoms with van der Waals surface area (Å²) < 4.78 is 10.6. The Bertz CT molecular complexity index is 1320. The van der Waals surface area contributed by atoms with E-state index < -0.39 is 16.2 Å². The van der Waals surface area contributed by atoms with Gasteiger partial charge in [-0.3, -0.25) is 24.6 Å². The van der Waals surface area contributed by atoms with Gasteiger partial charge in [-0.15, -0.1) is 11.8 Å². The summed E-state index contributed by atoms with van der Waals surface area (Å²) in [6.07, 6.45) is 4.06. The van der Waals surface area contributed by atoms with Gasteiger partial charge in [-0.1, -0.05) is 30.7 Å². The molecule has 0 spiro atoms. The topological polar surface area (TPSA) is 131 Å². The van der Waals surface area contributed by atoms with Crippen molar-refractivity contribution in [3.8, 4) is 11.5 Å². The summed E-state index contributed by atoms with van der Waals surface area (Å²) in [5.41, 5.74) is 1.50. The third-order valence-corrected chi connectivity index (χ3v) is 7.93. The van der Waals surface area contributed by atoms with Crippen LogP contribution in [0.5, 0.6) is 11.5 Å². The molecule has 3 heterocycles. The molecule has 0 aliphatic carbocycles. The highest BCUT2D eigenvalue weighted by molar-refractivity contribution is 8.03. The molecule has 204 valence electrons. The Morgan fingerprint density at radius 3 is 2.77 bits per heavy atom. The SMILES string of the molecule is O=C(CCCCCN1C(=O)C2SC=CC2N(Cc2cccc([N+](=O)[O-])c2)C1=O)NCc1ccc2c(c1)OCO2. The molecule has 0 aromatic heterocycles. The molecule has 1 fully saturated rings. The second-order valence-corrected chi connectivity index (χ2v) is 10.5. The van der Waals surface area contributed by atoms with E-state index in [-0.39, 0.29) is 43.4 Å². The molecule has 3 aliphatic rings. The number of thioether (sulfide) groups is 1. The largest absolute Gasteiger partial charge is 0.454 e. The molecule has 5 rings (SSSR count). The molecular weight excluding hydrogens is 524 g/mol. The highest BCUT2D eigenvalue weighted by Crippen LogP contribution is 2.36. The third kappa shape index (κ3) is 6.00. The normalized spacial score (nSPS) is 19.4. The van der Waals surface area contributed by atoms with Crippen LogP contribution in [0.3, 0.4) is 0 Å². The van der Waals surface area contributed by atoms with Gasteiger partial charge >= 0.3 is 6.03 Å². The van der Waals surface area contributed by atoms with Crippen molar-refractivity contribution in [1.29, 1.82) is 0 Å². The van der Waals surface area contributed by atoms with Crippen molar-refractivity contribution in [1.82, 2.24) is 15.1 Å². The first-order valence-corrected chi connectivity index (χ1v) is 13.7. The van der Waals surface area contributed by atoms with Crippen LogP contribution in [-0.2, 0) is 22.7 Å². The van der Waals surface area contributed by atoms with E-state index in [1.165, 1.54) is 28.8 Å². The van der Waals surface area contributed by atoms with Gasteiger partial charge in [0.2, 0.25) is 18.6 Å².